The molecular formula is C8H15N. The highest BCUT2D eigenvalue weighted by atomic mass is 15.0. The quantitative estimate of drug-likeness (QED) is 0.518. The fourth-order valence-electron chi connectivity index (χ4n) is 2.47. The van der Waals surface area contributed by atoms with Crippen molar-refractivity contribution in [1.82, 2.24) is 5.32 Å². The summed E-state index contributed by atoms with van der Waals surface area (Å²) < 4.78 is 0. The normalized spacial score (nSPS) is 49.7. The highest BCUT2D eigenvalue weighted by Crippen LogP contribution is 2.40. The van der Waals surface area contributed by atoms with Crippen molar-refractivity contribution < 1.29 is 0 Å². The van der Waals surface area contributed by atoms with Crippen molar-refractivity contribution in [3.05, 3.63) is 0 Å². The molecule has 0 aromatic rings. The van der Waals surface area contributed by atoms with Crippen molar-refractivity contribution in [2.75, 3.05) is 6.54 Å². The Morgan fingerprint density at radius 2 is 2.33 bits per heavy atom. The van der Waals surface area contributed by atoms with Gasteiger partial charge in [-0.2, -0.15) is 0 Å². The SMILES string of the molecule is C[C@@]12CCCC1CCN2. The van der Waals surface area contributed by atoms with Gasteiger partial charge in [0.05, 0.1) is 0 Å². The molecule has 1 heterocycles. The first-order chi connectivity index (χ1) is 4.31. The number of rotatable bonds is 0. The van der Waals surface area contributed by atoms with Crippen LogP contribution in [0.1, 0.15) is 32.6 Å². The van der Waals surface area contributed by atoms with Gasteiger partial charge in [0.25, 0.3) is 0 Å². The van der Waals surface area contributed by atoms with E-state index in [1.165, 1.54) is 32.2 Å². The molecule has 0 aromatic carbocycles. The molecule has 1 saturated carbocycles. The zero-order chi connectivity index (χ0) is 6.32. The molecule has 2 atom stereocenters. The van der Waals surface area contributed by atoms with Crippen LogP contribution >= 0.6 is 0 Å². The molecule has 9 heavy (non-hydrogen) atoms. The fourth-order valence-corrected chi connectivity index (χ4v) is 2.47. The van der Waals surface area contributed by atoms with Crippen LogP contribution in [0, 0.1) is 5.92 Å². The Hall–Kier alpha value is -0.0400. The van der Waals surface area contributed by atoms with Crippen LogP contribution in [0.15, 0.2) is 0 Å². The van der Waals surface area contributed by atoms with E-state index < -0.39 is 0 Å². The van der Waals surface area contributed by atoms with E-state index in [-0.39, 0.29) is 0 Å². The van der Waals surface area contributed by atoms with Gasteiger partial charge in [-0.05, 0) is 38.6 Å². The second kappa shape index (κ2) is 1.72. The molecule has 1 unspecified atom stereocenters. The minimum absolute atomic E-state index is 0.556. The molecule has 1 aliphatic heterocycles. The molecule has 2 fully saturated rings. The van der Waals surface area contributed by atoms with Crippen molar-refractivity contribution in [2.45, 2.75) is 38.1 Å². The van der Waals surface area contributed by atoms with Crippen molar-refractivity contribution >= 4 is 0 Å². The molecule has 52 valence electrons. The second-order valence-corrected chi connectivity index (χ2v) is 3.72. The van der Waals surface area contributed by atoms with Crippen LogP contribution in [0.3, 0.4) is 0 Å². The Morgan fingerprint density at radius 3 is 3.11 bits per heavy atom. The average molecular weight is 125 g/mol. The fraction of sp³-hybridized carbons (Fsp3) is 1.00. The molecule has 0 aromatic heterocycles. The highest BCUT2D eigenvalue weighted by Gasteiger charge is 2.41. The molecule has 1 aliphatic carbocycles. The van der Waals surface area contributed by atoms with E-state index >= 15 is 0 Å². The van der Waals surface area contributed by atoms with E-state index in [4.69, 9.17) is 0 Å². The topological polar surface area (TPSA) is 12.0 Å². The van der Waals surface area contributed by atoms with E-state index in [0.29, 0.717) is 5.54 Å². The summed E-state index contributed by atoms with van der Waals surface area (Å²) in [6, 6.07) is 0. The second-order valence-electron chi connectivity index (χ2n) is 3.72. The van der Waals surface area contributed by atoms with Crippen molar-refractivity contribution in [3.63, 3.8) is 0 Å². The maximum absolute atomic E-state index is 3.59. The first-order valence-electron chi connectivity index (χ1n) is 4.06. The van der Waals surface area contributed by atoms with Crippen LogP contribution in [0.5, 0.6) is 0 Å². The van der Waals surface area contributed by atoms with Gasteiger partial charge in [-0.15, -0.1) is 0 Å². The zero-order valence-electron chi connectivity index (χ0n) is 6.11. The van der Waals surface area contributed by atoms with Gasteiger partial charge in [0.2, 0.25) is 0 Å². The first kappa shape index (κ1) is 5.72. The molecule has 2 aliphatic rings. The van der Waals surface area contributed by atoms with Gasteiger partial charge in [0, 0.05) is 5.54 Å². The lowest BCUT2D eigenvalue weighted by molar-refractivity contribution is 0.356. The first-order valence-corrected chi connectivity index (χ1v) is 4.06. The summed E-state index contributed by atoms with van der Waals surface area (Å²) in [5.74, 6) is 1.01. The van der Waals surface area contributed by atoms with E-state index in [1.807, 2.05) is 0 Å². The van der Waals surface area contributed by atoms with Crippen molar-refractivity contribution in [2.24, 2.45) is 5.92 Å². The molecule has 0 spiro atoms. The predicted molar refractivity (Wildman–Crippen MR) is 38.4 cm³/mol. The number of nitrogens with one attached hydrogen (secondary N) is 1. The van der Waals surface area contributed by atoms with Gasteiger partial charge in [-0.1, -0.05) is 6.42 Å². The third-order valence-electron chi connectivity index (χ3n) is 3.17. The minimum Gasteiger partial charge on any atom is -0.311 e. The van der Waals surface area contributed by atoms with Crippen molar-refractivity contribution in [3.8, 4) is 0 Å². The maximum atomic E-state index is 3.59. The molecule has 1 nitrogen and oxygen atoms in total. The molecule has 0 radical (unpaired) electrons. The van der Waals surface area contributed by atoms with Crippen LogP contribution in [-0.4, -0.2) is 12.1 Å². The van der Waals surface area contributed by atoms with Gasteiger partial charge in [-0.25, -0.2) is 0 Å². The lowest BCUT2D eigenvalue weighted by Crippen LogP contribution is -2.37. The van der Waals surface area contributed by atoms with Gasteiger partial charge >= 0.3 is 0 Å². The van der Waals surface area contributed by atoms with Crippen molar-refractivity contribution in [1.29, 1.82) is 0 Å². The van der Waals surface area contributed by atoms with E-state index in [2.05, 4.69) is 12.2 Å². The Bertz CT molecular complexity index is 110. The molecule has 0 bridgehead atoms. The summed E-state index contributed by atoms with van der Waals surface area (Å²) in [5.41, 5.74) is 0.556. The maximum Gasteiger partial charge on any atom is 0.0181 e. The lowest BCUT2D eigenvalue weighted by atomic mass is 9.91. The van der Waals surface area contributed by atoms with E-state index in [0.717, 1.165) is 5.92 Å². The van der Waals surface area contributed by atoms with Gasteiger partial charge < -0.3 is 5.32 Å². The lowest BCUT2D eigenvalue weighted by Gasteiger charge is -2.23. The van der Waals surface area contributed by atoms with Crippen LogP contribution in [-0.2, 0) is 0 Å². The smallest absolute Gasteiger partial charge is 0.0181 e. The molecule has 2 rings (SSSR count). The number of fused-ring (bicyclic) bond motifs is 1. The number of hydrogen-bond donors (Lipinski definition) is 1. The molecule has 0 amide bonds. The highest BCUT2D eigenvalue weighted by molar-refractivity contribution is 4.99. The summed E-state index contributed by atoms with van der Waals surface area (Å²) in [6.45, 7) is 3.65. The monoisotopic (exact) mass is 125 g/mol. The third kappa shape index (κ3) is 0.710. The van der Waals surface area contributed by atoms with E-state index in [1.54, 1.807) is 0 Å². The third-order valence-corrected chi connectivity index (χ3v) is 3.17. The summed E-state index contributed by atoms with van der Waals surface area (Å²) in [6.07, 6.45) is 5.77. The summed E-state index contributed by atoms with van der Waals surface area (Å²) in [7, 11) is 0. The Morgan fingerprint density at radius 1 is 1.44 bits per heavy atom. The van der Waals surface area contributed by atoms with Gasteiger partial charge in [0.15, 0.2) is 0 Å². The standard InChI is InChI=1S/C8H15N/c1-8-5-2-3-7(8)4-6-9-8/h7,9H,2-6H2,1H3/t7?,8-/m1/s1. The summed E-state index contributed by atoms with van der Waals surface area (Å²) in [5, 5.41) is 3.59. The Kier molecular flexibility index (Phi) is 1.10. The average Bonchev–Trinajstić information content (AvgIpc) is 2.22. The van der Waals surface area contributed by atoms with Crippen LogP contribution < -0.4 is 5.32 Å². The Balaban J connectivity index is 2.17. The van der Waals surface area contributed by atoms with Crippen LogP contribution in [0.4, 0.5) is 0 Å². The van der Waals surface area contributed by atoms with Crippen LogP contribution in [0.2, 0.25) is 0 Å². The zero-order valence-corrected chi connectivity index (χ0v) is 6.11. The number of hydrogen-bond acceptors (Lipinski definition) is 1. The molecule has 1 N–H and O–H groups in total. The minimum atomic E-state index is 0.556. The van der Waals surface area contributed by atoms with Crippen LogP contribution in [0.25, 0.3) is 0 Å². The van der Waals surface area contributed by atoms with Gasteiger partial charge in [0.1, 0.15) is 0 Å². The molecule has 1 heteroatoms. The molecular weight excluding hydrogens is 110 g/mol. The Labute approximate surface area is 56.8 Å². The summed E-state index contributed by atoms with van der Waals surface area (Å²) in [4.78, 5) is 0. The largest absolute Gasteiger partial charge is 0.311 e. The predicted octanol–water partition coefficient (Wildman–Crippen LogP) is 1.54. The van der Waals surface area contributed by atoms with E-state index in [9.17, 15) is 0 Å². The molecule has 1 saturated heterocycles. The van der Waals surface area contributed by atoms with Gasteiger partial charge in [-0.3, -0.25) is 0 Å². The summed E-state index contributed by atoms with van der Waals surface area (Å²) >= 11 is 0.